The number of hydrogen-bond donors (Lipinski definition) is 2. The Morgan fingerprint density at radius 1 is 1.17 bits per heavy atom. The molecule has 2 N–H and O–H groups in total. The van der Waals surface area contributed by atoms with Crippen molar-refractivity contribution >= 4 is 23.4 Å². The van der Waals surface area contributed by atoms with Gasteiger partial charge in [-0.3, -0.25) is 4.99 Å². The zero-order valence-electron chi connectivity index (χ0n) is 15.4. The van der Waals surface area contributed by atoms with E-state index >= 15 is 0 Å². The summed E-state index contributed by atoms with van der Waals surface area (Å²) in [6.07, 6.45) is 4.31. The summed E-state index contributed by atoms with van der Waals surface area (Å²) < 4.78 is 0.214. The van der Waals surface area contributed by atoms with Gasteiger partial charge in [-0.25, -0.2) is 0 Å². The van der Waals surface area contributed by atoms with Crippen molar-refractivity contribution in [3.63, 3.8) is 0 Å². The lowest BCUT2D eigenvalue weighted by Gasteiger charge is -2.23. The third-order valence-corrected chi connectivity index (χ3v) is 5.09. The van der Waals surface area contributed by atoms with Crippen LogP contribution in [0.25, 0.3) is 0 Å². The van der Waals surface area contributed by atoms with Crippen molar-refractivity contribution in [3.05, 3.63) is 29.8 Å². The lowest BCUT2D eigenvalue weighted by Crippen LogP contribution is -2.43. The number of guanidine groups is 1. The standard InChI is InChI=1S/C18H32N4S/c1-18(2,23-6)14-21-17(19-3)20-13-7-8-15-9-11-16(12-10-15)22(4)5/h9-12H,7-8,13-14H2,1-6H3,(H2,19,20,21). The Morgan fingerprint density at radius 3 is 2.35 bits per heavy atom. The molecule has 4 nitrogen and oxygen atoms in total. The number of benzene rings is 1. The van der Waals surface area contributed by atoms with Gasteiger partial charge in [0.15, 0.2) is 5.96 Å². The van der Waals surface area contributed by atoms with Crippen LogP contribution in [0.1, 0.15) is 25.8 Å². The second-order valence-corrected chi connectivity index (χ2v) is 7.99. The molecule has 0 spiro atoms. The molecule has 23 heavy (non-hydrogen) atoms. The number of thioether (sulfide) groups is 1. The van der Waals surface area contributed by atoms with Crippen LogP contribution in [0.3, 0.4) is 0 Å². The molecule has 1 aromatic carbocycles. The van der Waals surface area contributed by atoms with Crippen LogP contribution in [0.2, 0.25) is 0 Å². The van der Waals surface area contributed by atoms with Crippen molar-refractivity contribution < 1.29 is 0 Å². The maximum absolute atomic E-state index is 4.28. The molecule has 0 aromatic heterocycles. The van der Waals surface area contributed by atoms with Gasteiger partial charge in [-0.15, -0.1) is 0 Å². The fourth-order valence-electron chi connectivity index (χ4n) is 2.05. The number of hydrogen-bond acceptors (Lipinski definition) is 3. The van der Waals surface area contributed by atoms with E-state index in [0.29, 0.717) is 0 Å². The van der Waals surface area contributed by atoms with E-state index in [9.17, 15) is 0 Å². The van der Waals surface area contributed by atoms with Crippen LogP contribution in [-0.2, 0) is 6.42 Å². The fourth-order valence-corrected chi connectivity index (χ4v) is 2.27. The Balaban J connectivity index is 2.30. The van der Waals surface area contributed by atoms with Crippen molar-refractivity contribution in [3.8, 4) is 0 Å². The second-order valence-electron chi connectivity index (χ2n) is 6.48. The van der Waals surface area contributed by atoms with Gasteiger partial charge in [-0.05, 0) is 50.6 Å². The van der Waals surface area contributed by atoms with E-state index in [2.05, 4.69) is 79.0 Å². The number of aryl methyl sites for hydroxylation is 1. The summed E-state index contributed by atoms with van der Waals surface area (Å²) in [7, 11) is 5.95. The summed E-state index contributed by atoms with van der Waals surface area (Å²) in [5.41, 5.74) is 2.62. The third-order valence-electron chi connectivity index (χ3n) is 3.85. The number of aliphatic imine (C=N–C) groups is 1. The van der Waals surface area contributed by atoms with E-state index in [0.717, 1.165) is 31.9 Å². The summed E-state index contributed by atoms with van der Waals surface area (Å²) >= 11 is 1.86. The minimum atomic E-state index is 0.214. The minimum absolute atomic E-state index is 0.214. The Hall–Kier alpha value is -1.36. The van der Waals surface area contributed by atoms with Crippen LogP contribution in [0.15, 0.2) is 29.3 Å². The number of anilines is 1. The maximum atomic E-state index is 4.28. The monoisotopic (exact) mass is 336 g/mol. The molecule has 0 amide bonds. The first-order valence-electron chi connectivity index (χ1n) is 8.14. The van der Waals surface area contributed by atoms with Gasteiger partial charge in [0.25, 0.3) is 0 Å². The zero-order valence-corrected chi connectivity index (χ0v) is 16.3. The molecule has 0 aliphatic heterocycles. The van der Waals surface area contributed by atoms with E-state index < -0.39 is 0 Å². The van der Waals surface area contributed by atoms with Gasteiger partial charge in [-0.1, -0.05) is 12.1 Å². The first kappa shape index (κ1) is 19.7. The fraction of sp³-hybridized carbons (Fsp3) is 0.611. The van der Waals surface area contributed by atoms with E-state index in [1.807, 2.05) is 18.8 Å². The molecule has 0 bridgehead atoms. The average molecular weight is 337 g/mol. The molecule has 0 heterocycles. The highest BCUT2D eigenvalue weighted by atomic mass is 32.2. The molecule has 130 valence electrons. The molecule has 1 rings (SSSR count). The smallest absolute Gasteiger partial charge is 0.191 e. The van der Waals surface area contributed by atoms with Crippen LogP contribution in [0.4, 0.5) is 5.69 Å². The average Bonchev–Trinajstić information content (AvgIpc) is 2.54. The zero-order chi connectivity index (χ0) is 17.3. The predicted molar refractivity (Wildman–Crippen MR) is 106 cm³/mol. The van der Waals surface area contributed by atoms with Crippen LogP contribution >= 0.6 is 11.8 Å². The Kier molecular flexibility index (Phi) is 8.31. The molecule has 0 unspecified atom stereocenters. The molecule has 0 saturated heterocycles. The molecule has 0 aliphatic carbocycles. The molecule has 0 aliphatic rings. The van der Waals surface area contributed by atoms with Gasteiger partial charge in [0, 0.05) is 44.7 Å². The van der Waals surface area contributed by atoms with Crippen molar-refractivity contribution in [2.24, 2.45) is 4.99 Å². The Bertz CT molecular complexity index is 480. The lowest BCUT2D eigenvalue weighted by molar-refractivity contribution is 0.659. The molecule has 0 saturated carbocycles. The van der Waals surface area contributed by atoms with E-state index in [1.165, 1.54) is 11.3 Å². The minimum Gasteiger partial charge on any atom is -0.378 e. The normalized spacial score (nSPS) is 12.2. The van der Waals surface area contributed by atoms with Gasteiger partial charge in [0.2, 0.25) is 0 Å². The topological polar surface area (TPSA) is 39.7 Å². The van der Waals surface area contributed by atoms with E-state index in [-0.39, 0.29) is 4.75 Å². The van der Waals surface area contributed by atoms with Gasteiger partial charge in [-0.2, -0.15) is 11.8 Å². The SMILES string of the molecule is CN=C(NCCCc1ccc(N(C)C)cc1)NCC(C)(C)SC. The van der Waals surface area contributed by atoms with Crippen LogP contribution in [-0.4, -0.2) is 51.2 Å². The Labute approximate surface area is 146 Å². The largest absolute Gasteiger partial charge is 0.378 e. The highest BCUT2D eigenvalue weighted by molar-refractivity contribution is 7.99. The summed E-state index contributed by atoms with van der Waals surface area (Å²) in [6.45, 7) is 6.29. The predicted octanol–water partition coefficient (Wildman–Crippen LogP) is 2.99. The molecule has 1 aromatic rings. The highest BCUT2D eigenvalue weighted by Gasteiger charge is 2.15. The molecule has 0 radical (unpaired) electrons. The highest BCUT2D eigenvalue weighted by Crippen LogP contribution is 2.19. The summed E-state index contributed by atoms with van der Waals surface area (Å²) in [4.78, 5) is 6.40. The van der Waals surface area contributed by atoms with Crippen molar-refractivity contribution in [2.45, 2.75) is 31.4 Å². The van der Waals surface area contributed by atoms with Crippen molar-refractivity contribution in [2.75, 3.05) is 45.4 Å². The van der Waals surface area contributed by atoms with Gasteiger partial charge in [0.1, 0.15) is 0 Å². The maximum Gasteiger partial charge on any atom is 0.191 e. The van der Waals surface area contributed by atoms with Crippen LogP contribution in [0, 0.1) is 0 Å². The van der Waals surface area contributed by atoms with Crippen LogP contribution < -0.4 is 15.5 Å². The summed E-state index contributed by atoms with van der Waals surface area (Å²) in [5.74, 6) is 0.884. The summed E-state index contributed by atoms with van der Waals surface area (Å²) in [6, 6.07) is 8.77. The van der Waals surface area contributed by atoms with E-state index in [4.69, 9.17) is 0 Å². The lowest BCUT2D eigenvalue weighted by atomic mass is 10.1. The van der Waals surface area contributed by atoms with Gasteiger partial charge >= 0.3 is 0 Å². The number of rotatable bonds is 8. The molecule has 0 fully saturated rings. The van der Waals surface area contributed by atoms with Gasteiger partial charge < -0.3 is 15.5 Å². The first-order chi connectivity index (χ1) is 10.9. The third kappa shape index (κ3) is 7.64. The van der Waals surface area contributed by atoms with Crippen molar-refractivity contribution in [1.29, 1.82) is 0 Å². The van der Waals surface area contributed by atoms with Crippen LogP contribution in [0.5, 0.6) is 0 Å². The Morgan fingerprint density at radius 2 is 1.83 bits per heavy atom. The summed E-state index contributed by atoms with van der Waals surface area (Å²) in [5, 5.41) is 6.78. The quantitative estimate of drug-likeness (QED) is 0.435. The molecule has 0 atom stereocenters. The second kappa shape index (κ2) is 9.71. The number of nitrogens with one attached hydrogen (secondary N) is 2. The molecule has 5 heteroatoms. The van der Waals surface area contributed by atoms with Gasteiger partial charge in [0.05, 0.1) is 0 Å². The molecular formula is C18H32N4S. The van der Waals surface area contributed by atoms with Crippen molar-refractivity contribution in [1.82, 2.24) is 10.6 Å². The molecular weight excluding hydrogens is 304 g/mol. The first-order valence-corrected chi connectivity index (χ1v) is 9.36. The number of nitrogens with zero attached hydrogens (tertiary/aromatic N) is 2. The van der Waals surface area contributed by atoms with E-state index in [1.54, 1.807) is 0 Å².